The zero-order chi connectivity index (χ0) is 20.8. The predicted octanol–water partition coefficient (Wildman–Crippen LogP) is 2.23. The second-order valence-electron chi connectivity index (χ2n) is 6.34. The summed E-state index contributed by atoms with van der Waals surface area (Å²) in [6.45, 7) is 4.17. The fourth-order valence-electron chi connectivity index (χ4n) is 2.72. The maximum absolute atomic E-state index is 12.3. The van der Waals surface area contributed by atoms with E-state index in [2.05, 4.69) is 21.5 Å². The lowest BCUT2D eigenvalue weighted by molar-refractivity contribution is 0.180. The summed E-state index contributed by atoms with van der Waals surface area (Å²) in [5, 5.41) is 11.7. The number of hydrogen-bond acceptors (Lipinski definition) is 6. The second-order valence-corrected chi connectivity index (χ2v) is 6.34. The fourth-order valence-corrected chi connectivity index (χ4v) is 2.72. The van der Waals surface area contributed by atoms with E-state index in [1.807, 2.05) is 56.3 Å². The van der Waals surface area contributed by atoms with Gasteiger partial charge in [0.15, 0.2) is 6.61 Å². The Labute approximate surface area is 168 Å². The summed E-state index contributed by atoms with van der Waals surface area (Å²) in [5.74, 6) is 3.03. The second kappa shape index (κ2) is 8.89. The van der Waals surface area contributed by atoms with E-state index in [4.69, 9.17) is 16.0 Å². The monoisotopic (exact) mass is 391 g/mol. The van der Waals surface area contributed by atoms with Crippen LogP contribution in [0, 0.1) is 19.3 Å². The minimum absolute atomic E-state index is 0.116. The zero-order valence-corrected chi connectivity index (χ0v) is 16.5. The van der Waals surface area contributed by atoms with E-state index in [0.717, 1.165) is 16.7 Å². The molecule has 0 amide bonds. The fraction of sp³-hybridized carbons (Fsp3) is 0.238. The summed E-state index contributed by atoms with van der Waals surface area (Å²) in [6, 6.07) is 13.1. The van der Waals surface area contributed by atoms with Crippen molar-refractivity contribution in [2.45, 2.75) is 20.5 Å². The number of terminal acetylenes is 1. The number of aryl methyl sites for hydroxylation is 2. The molecule has 0 aliphatic rings. The van der Waals surface area contributed by atoms with Crippen LogP contribution in [0.1, 0.15) is 23.6 Å². The third kappa shape index (κ3) is 4.52. The highest BCUT2D eigenvalue weighted by atomic mass is 16.6. The van der Waals surface area contributed by atoms with E-state index in [9.17, 15) is 4.79 Å². The number of hydrogen-bond donors (Lipinski definition) is 0. The van der Waals surface area contributed by atoms with Crippen LogP contribution >= 0.6 is 0 Å². The Balaban J connectivity index is 1.83. The van der Waals surface area contributed by atoms with Gasteiger partial charge in [-0.15, -0.1) is 6.42 Å². The van der Waals surface area contributed by atoms with Crippen molar-refractivity contribution in [1.82, 2.24) is 19.8 Å². The van der Waals surface area contributed by atoms with Crippen molar-refractivity contribution in [2.24, 2.45) is 12.2 Å². The summed E-state index contributed by atoms with van der Waals surface area (Å²) in [5.41, 5.74) is 3.69. The van der Waals surface area contributed by atoms with Crippen molar-refractivity contribution >= 4 is 5.71 Å². The molecule has 0 radical (unpaired) electrons. The van der Waals surface area contributed by atoms with Crippen LogP contribution in [0.25, 0.3) is 5.69 Å². The van der Waals surface area contributed by atoms with Crippen LogP contribution in [-0.4, -0.2) is 32.1 Å². The van der Waals surface area contributed by atoms with Crippen molar-refractivity contribution in [2.75, 3.05) is 6.61 Å². The van der Waals surface area contributed by atoms with Crippen LogP contribution in [0.15, 0.2) is 52.4 Å². The quantitative estimate of drug-likeness (QED) is 0.267. The molecule has 3 aromatic rings. The lowest BCUT2D eigenvalue weighted by Crippen LogP contribution is -2.23. The molecular weight excluding hydrogens is 370 g/mol. The van der Waals surface area contributed by atoms with Gasteiger partial charge < -0.3 is 9.57 Å². The van der Waals surface area contributed by atoms with Crippen LogP contribution in [0.5, 0.6) is 5.75 Å². The maximum atomic E-state index is 12.3. The largest absolute Gasteiger partial charge is 0.489 e. The molecule has 0 atom stereocenters. The minimum Gasteiger partial charge on any atom is -0.489 e. The number of tetrazole rings is 1. The van der Waals surface area contributed by atoms with Gasteiger partial charge in [0, 0.05) is 18.2 Å². The molecule has 0 aliphatic carbocycles. The Morgan fingerprint density at radius 3 is 2.76 bits per heavy atom. The van der Waals surface area contributed by atoms with E-state index < -0.39 is 0 Å². The number of aromatic nitrogens is 4. The highest BCUT2D eigenvalue weighted by molar-refractivity contribution is 5.98. The van der Waals surface area contributed by atoms with Crippen molar-refractivity contribution in [3.63, 3.8) is 0 Å². The lowest BCUT2D eigenvalue weighted by atomic mass is 10.1. The molecule has 1 heterocycles. The molecule has 8 nitrogen and oxygen atoms in total. The summed E-state index contributed by atoms with van der Waals surface area (Å²) >= 11 is 0. The van der Waals surface area contributed by atoms with E-state index in [0.29, 0.717) is 17.1 Å². The first kappa shape index (κ1) is 19.9. The van der Waals surface area contributed by atoms with Crippen LogP contribution in [0.2, 0.25) is 0 Å². The Bertz CT molecular complexity index is 1140. The molecule has 148 valence electrons. The Morgan fingerprint density at radius 1 is 1.24 bits per heavy atom. The third-order valence-corrected chi connectivity index (χ3v) is 4.32. The highest BCUT2D eigenvalue weighted by Crippen LogP contribution is 2.21. The van der Waals surface area contributed by atoms with E-state index >= 15 is 0 Å². The maximum Gasteiger partial charge on any atom is 0.368 e. The van der Waals surface area contributed by atoms with Gasteiger partial charge in [0.2, 0.25) is 0 Å². The van der Waals surface area contributed by atoms with Gasteiger partial charge in [-0.1, -0.05) is 35.3 Å². The molecule has 0 N–H and O–H groups in total. The summed E-state index contributed by atoms with van der Waals surface area (Å²) in [7, 11) is 1.56. The van der Waals surface area contributed by atoms with E-state index in [1.54, 1.807) is 7.05 Å². The molecule has 1 aromatic heterocycles. The molecule has 0 bridgehead atoms. The number of oxime groups is 1. The first-order valence-corrected chi connectivity index (χ1v) is 8.92. The average Bonchev–Trinajstić information content (AvgIpc) is 3.05. The molecular formula is C21H21N5O3. The molecule has 3 rings (SSSR count). The first-order chi connectivity index (χ1) is 14.0. The van der Waals surface area contributed by atoms with Crippen LogP contribution in [-0.2, 0) is 18.5 Å². The van der Waals surface area contributed by atoms with Crippen LogP contribution in [0.4, 0.5) is 0 Å². The van der Waals surface area contributed by atoms with E-state index in [-0.39, 0.29) is 18.9 Å². The predicted molar refractivity (Wildman–Crippen MR) is 109 cm³/mol. The summed E-state index contributed by atoms with van der Waals surface area (Å²) in [4.78, 5) is 17.3. The van der Waals surface area contributed by atoms with Gasteiger partial charge in [0.05, 0.1) is 11.4 Å². The third-order valence-electron chi connectivity index (χ3n) is 4.32. The van der Waals surface area contributed by atoms with Crippen molar-refractivity contribution in [3.05, 3.63) is 69.6 Å². The van der Waals surface area contributed by atoms with Crippen LogP contribution < -0.4 is 10.4 Å². The molecule has 2 aromatic carbocycles. The number of benzene rings is 2. The molecule has 29 heavy (non-hydrogen) atoms. The van der Waals surface area contributed by atoms with Gasteiger partial charge in [0.1, 0.15) is 12.4 Å². The van der Waals surface area contributed by atoms with Crippen molar-refractivity contribution in [3.8, 4) is 23.8 Å². The highest BCUT2D eigenvalue weighted by Gasteiger charge is 2.13. The minimum atomic E-state index is -0.322. The Kier molecular flexibility index (Phi) is 6.09. The van der Waals surface area contributed by atoms with Crippen LogP contribution in [0.3, 0.4) is 0 Å². The van der Waals surface area contributed by atoms with E-state index in [1.165, 1.54) is 9.36 Å². The molecule has 0 saturated heterocycles. The lowest BCUT2D eigenvalue weighted by Gasteiger charge is -2.13. The van der Waals surface area contributed by atoms with Crippen molar-refractivity contribution in [1.29, 1.82) is 0 Å². The van der Waals surface area contributed by atoms with Gasteiger partial charge in [-0.2, -0.15) is 9.36 Å². The molecule has 0 saturated carbocycles. The van der Waals surface area contributed by atoms with Gasteiger partial charge in [0.25, 0.3) is 0 Å². The SMILES string of the molecule is C#CCON=C(C)c1cccc(OCc2c(C)cccc2-n2nnn(C)c2=O)c1. The van der Waals surface area contributed by atoms with Gasteiger partial charge in [-0.05, 0) is 48.0 Å². The zero-order valence-electron chi connectivity index (χ0n) is 16.5. The summed E-state index contributed by atoms with van der Waals surface area (Å²) in [6.07, 6.45) is 5.15. The Morgan fingerprint density at radius 2 is 2.03 bits per heavy atom. The molecule has 0 aliphatic heterocycles. The average molecular weight is 391 g/mol. The van der Waals surface area contributed by atoms with Crippen molar-refractivity contribution < 1.29 is 9.57 Å². The van der Waals surface area contributed by atoms with Gasteiger partial charge in [-0.25, -0.2) is 4.79 Å². The molecule has 0 unspecified atom stereocenters. The topological polar surface area (TPSA) is 83.5 Å². The molecule has 0 fully saturated rings. The number of ether oxygens (including phenoxy) is 1. The smallest absolute Gasteiger partial charge is 0.368 e. The standard InChI is InChI=1S/C21H21N5O3/c1-5-12-29-22-16(3)17-9-7-10-18(13-17)28-14-19-15(2)8-6-11-20(19)26-21(27)25(4)23-24-26/h1,6-11,13H,12,14H2,2-4H3. The summed E-state index contributed by atoms with van der Waals surface area (Å²) < 4.78 is 8.45. The number of nitrogens with zero attached hydrogens (tertiary/aromatic N) is 5. The molecule has 8 heteroatoms. The normalized spacial score (nSPS) is 11.2. The first-order valence-electron chi connectivity index (χ1n) is 8.92. The van der Waals surface area contributed by atoms with Gasteiger partial charge in [-0.3, -0.25) is 0 Å². The van der Waals surface area contributed by atoms with Gasteiger partial charge >= 0.3 is 5.69 Å². The molecule has 0 spiro atoms. The Hall–Kier alpha value is -3.86. The number of rotatable bonds is 7.